The van der Waals surface area contributed by atoms with Crippen molar-refractivity contribution in [2.75, 3.05) is 25.5 Å². The highest BCUT2D eigenvalue weighted by Crippen LogP contribution is 2.22. The van der Waals surface area contributed by atoms with Crippen LogP contribution in [-0.2, 0) is 0 Å². The van der Waals surface area contributed by atoms with Gasteiger partial charge in [0.15, 0.2) is 5.69 Å². The zero-order valence-electron chi connectivity index (χ0n) is 9.14. The Morgan fingerprint density at radius 2 is 2.62 bits per heavy atom. The first-order valence-corrected chi connectivity index (χ1v) is 6.17. The average Bonchev–Trinajstić information content (AvgIpc) is 2.83. The quantitative estimate of drug-likeness (QED) is 0.833. The largest absolute Gasteiger partial charge is 0.476 e. The standard InChI is InChI=1S/C10H15N3O2S/c1-13-4-2-3-7(13)5-11-9-8(10(14)15)12-6-16-9/h6-7,11H,2-5H2,1H3,(H,14,15). The van der Waals surface area contributed by atoms with E-state index < -0.39 is 5.97 Å². The van der Waals surface area contributed by atoms with Gasteiger partial charge in [-0.2, -0.15) is 0 Å². The SMILES string of the molecule is CN1CCCC1CNc1scnc1C(=O)O. The van der Waals surface area contributed by atoms with E-state index >= 15 is 0 Å². The maximum absolute atomic E-state index is 10.8. The summed E-state index contributed by atoms with van der Waals surface area (Å²) < 4.78 is 0. The number of likely N-dealkylation sites (tertiary alicyclic amines) is 1. The van der Waals surface area contributed by atoms with Crippen molar-refractivity contribution in [3.8, 4) is 0 Å². The summed E-state index contributed by atoms with van der Waals surface area (Å²) in [5.74, 6) is -0.969. The Bertz CT molecular complexity index is 380. The van der Waals surface area contributed by atoms with Crippen LogP contribution >= 0.6 is 11.3 Å². The predicted molar refractivity (Wildman–Crippen MR) is 63.2 cm³/mol. The van der Waals surface area contributed by atoms with Gasteiger partial charge < -0.3 is 15.3 Å². The Balaban J connectivity index is 1.94. The molecule has 2 heterocycles. The van der Waals surface area contributed by atoms with Crippen LogP contribution < -0.4 is 5.32 Å². The Kier molecular flexibility index (Phi) is 3.40. The maximum atomic E-state index is 10.8. The van der Waals surface area contributed by atoms with Crippen LogP contribution in [0.25, 0.3) is 0 Å². The number of hydrogen-bond donors (Lipinski definition) is 2. The van der Waals surface area contributed by atoms with Gasteiger partial charge in [-0.3, -0.25) is 0 Å². The fourth-order valence-electron chi connectivity index (χ4n) is 1.97. The third-order valence-electron chi connectivity index (χ3n) is 2.94. The predicted octanol–water partition coefficient (Wildman–Crippen LogP) is 1.35. The molecule has 0 aromatic carbocycles. The molecule has 5 nitrogen and oxygen atoms in total. The first kappa shape index (κ1) is 11.3. The molecule has 0 spiro atoms. The van der Waals surface area contributed by atoms with E-state index in [-0.39, 0.29) is 5.69 Å². The second kappa shape index (κ2) is 4.80. The van der Waals surface area contributed by atoms with E-state index in [1.54, 1.807) is 5.51 Å². The van der Waals surface area contributed by atoms with Crippen LogP contribution in [0.1, 0.15) is 23.3 Å². The summed E-state index contributed by atoms with van der Waals surface area (Å²) in [4.78, 5) is 17.0. The van der Waals surface area contributed by atoms with Crippen LogP contribution in [0.2, 0.25) is 0 Å². The number of carboxylic acids is 1. The van der Waals surface area contributed by atoms with Gasteiger partial charge in [0.05, 0.1) is 5.51 Å². The minimum absolute atomic E-state index is 0.130. The number of aromatic carboxylic acids is 1. The molecule has 1 saturated heterocycles. The van der Waals surface area contributed by atoms with Crippen LogP contribution in [0.5, 0.6) is 0 Å². The number of nitrogens with zero attached hydrogens (tertiary/aromatic N) is 2. The molecule has 2 rings (SSSR count). The van der Waals surface area contributed by atoms with Crippen LogP contribution in [0.3, 0.4) is 0 Å². The molecule has 1 aromatic rings. The smallest absolute Gasteiger partial charge is 0.357 e. The van der Waals surface area contributed by atoms with Crippen molar-refractivity contribution >= 4 is 22.3 Å². The number of nitrogens with one attached hydrogen (secondary N) is 1. The molecule has 1 aliphatic rings. The maximum Gasteiger partial charge on any atom is 0.357 e. The normalized spacial score (nSPS) is 21.2. The lowest BCUT2D eigenvalue weighted by atomic mass is 10.2. The van der Waals surface area contributed by atoms with E-state index in [4.69, 9.17) is 5.11 Å². The van der Waals surface area contributed by atoms with Crippen LogP contribution in [0.4, 0.5) is 5.00 Å². The Labute approximate surface area is 98.1 Å². The van der Waals surface area contributed by atoms with Crippen molar-refractivity contribution < 1.29 is 9.90 Å². The molecule has 0 radical (unpaired) electrons. The van der Waals surface area contributed by atoms with Crippen molar-refractivity contribution in [2.24, 2.45) is 0 Å². The van der Waals surface area contributed by atoms with E-state index in [1.807, 2.05) is 0 Å². The highest BCUT2D eigenvalue weighted by molar-refractivity contribution is 7.14. The zero-order chi connectivity index (χ0) is 11.5. The van der Waals surface area contributed by atoms with Crippen molar-refractivity contribution in [3.05, 3.63) is 11.2 Å². The molecule has 1 aromatic heterocycles. The summed E-state index contributed by atoms with van der Waals surface area (Å²) in [7, 11) is 2.10. The Morgan fingerprint density at radius 1 is 1.81 bits per heavy atom. The lowest BCUT2D eigenvalue weighted by molar-refractivity contribution is 0.0692. The van der Waals surface area contributed by atoms with Gasteiger partial charge in [0.2, 0.25) is 0 Å². The topological polar surface area (TPSA) is 65.5 Å². The third kappa shape index (κ3) is 2.33. The monoisotopic (exact) mass is 241 g/mol. The van der Waals surface area contributed by atoms with E-state index in [9.17, 15) is 4.79 Å². The molecule has 0 saturated carbocycles. The molecule has 1 atom stereocenters. The first-order chi connectivity index (χ1) is 7.68. The molecule has 2 N–H and O–H groups in total. The van der Waals surface area contributed by atoms with E-state index in [2.05, 4.69) is 22.2 Å². The fraction of sp³-hybridized carbons (Fsp3) is 0.600. The van der Waals surface area contributed by atoms with Crippen molar-refractivity contribution in [1.82, 2.24) is 9.88 Å². The molecular formula is C10H15N3O2S. The second-order valence-electron chi connectivity index (χ2n) is 3.99. The molecule has 0 amide bonds. The first-order valence-electron chi connectivity index (χ1n) is 5.29. The Hall–Kier alpha value is -1.14. The molecule has 6 heteroatoms. The summed E-state index contributed by atoms with van der Waals surface area (Å²) in [5.41, 5.74) is 1.69. The van der Waals surface area contributed by atoms with Gasteiger partial charge in [-0.25, -0.2) is 9.78 Å². The van der Waals surface area contributed by atoms with Gasteiger partial charge in [0, 0.05) is 12.6 Å². The summed E-state index contributed by atoms with van der Waals surface area (Å²) in [5, 5.41) is 12.7. The van der Waals surface area contributed by atoms with Gasteiger partial charge in [-0.05, 0) is 26.4 Å². The lowest BCUT2D eigenvalue weighted by Crippen LogP contribution is -2.31. The Morgan fingerprint density at radius 3 is 3.25 bits per heavy atom. The van der Waals surface area contributed by atoms with Gasteiger partial charge in [-0.1, -0.05) is 0 Å². The number of rotatable bonds is 4. The van der Waals surface area contributed by atoms with Crippen molar-refractivity contribution in [1.29, 1.82) is 0 Å². The minimum atomic E-state index is -0.969. The lowest BCUT2D eigenvalue weighted by Gasteiger charge is -2.19. The van der Waals surface area contributed by atoms with Crippen LogP contribution in [-0.4, -0.2) is 47.1 Å². The summed E-state index contributed by atoms with van der Waals surface area (Å²) >= 11 is 1.34. The van der Waals surface area contributed by atoms with E-state index in [0.717, 1.165) is 13.1 Å². The number of likely N-dealkylation sites (N-methyl/N-ethyl adjacent to an activating group) is 1. The number of carboxylic acid groups (broad SMARTS) is 1. The molecule has 1 fully saturated rings. The van der Waals surface area contributed by atoms with Crippen molar-refractivity contribution in [2.45, 2.75) is 18.9 Å². The third-order valence-corrected chi connectivity index (χ3v) is 3.72. The number of carbonyl (C=O) groups is 1. The highest BCUT2D eigenvalue weighted by atomic mass is 32.1. The summed E-state index contributed by atoms with van der Waals surface area (Å²) in [6, 6.07) is 0.503. The molecule has 1 unspecified atom stereocenters. The molecule has 88 valence electrons. The van der Waals surface area contributed by atoms with Gasteiger partial charge >= 0.3 is 5.97 Å². The molecule has 0 bridgehead atoms. The molecular weight excluding hydrogens is 226 g/mol. The average molecular weight is 241 g/mol. The van der Waals surface area contributed by atoms with Gasteiger partial charge in [0.25, 0.3) is 0 Å². The summed E-state index contributed by atoms with van der Waals surface area (Å²) in [6.07, 6.45) is 2.39. The fourth-order valence-corrected chi connectivity index (χ4v) is 2.65. The van der Waals surface area contributed by atoms with Crippen LogP contribution in [0.15, 0.2) is 5.51 Å². The number of aromatic nitrogens is 1. The van der Waals surface area contributed by atoms with Gasteiger partial charge in [0.1, 0.15) is 5.00 Å². The number of thiazole rings is 1. The van der Waals surface area contributed by atoms with E-state index in [0.29, 0.717) is 11.0 Å². The molecule has 16 heavy (non-hydrogen) atoms. The van der Waals surface area contributed by atoms with Gasteiger partial charge in [-0.15, -0.1) is 11.3 Å². The number of hydrogen-bond acceptors (Lipinski definition) is 5. The van der Waals surface area contributed by atoms with Crippen molar-refractivity contribution in [3.63, 3.8) is 0 Å². The minimum Gasteiger partial charge on any atom is -0.476 e. The van der Waals surface area contributed by atoms with E-state index in [1.165, 1.54) is 24.2 Å². The highest BCUT2D eigenvalue weighted by Gasteiger charge is 2.21. The summed E-state index contributed by atoms with van der Waals surface area (Å²) in [6.45, 7) is 1.92. The van der Waals surface area contributed by atoms with Crippen LogP contribution in [0, 0.1) is 0 Å². The zero-order valence-corrected chi connectivity index (χ0v) is 9.96. The molecule has 1 aliphatic heterocycles. The number of anilines is 1. The second-order valence-corrected chi connectivity index (χ2v) is 4.85. The molecule has 0 aliphatic carbocycles.